The van der Waals surface area contributed by atoms with Gasteiger partial charge in [0.1, 0.15) is 0 Å². The van der Waals surface area contributed by atoms with E-state index in [2.05, 4.69) is 35.8 Å². The second-order valence-corrected chi connectivity index (χ2v) is 13.4. The van der Waals surface area contributed by atoms with Crippen molar-refractivity contribution in [1.29, 1.82) is 0 Å². The van der Waals surface area contributed by atoms with Crippen molar-refractivity contribution in [3.05, 3.63) is 35.8 Å². The zero-order valence-corrected chi connectivity index (χ0v) is 15.8. The Kier molecular flexibility index (Phi) is 15.2. The molecular formula is C13H20S6. The third-order valence-corrected chi connectivity index (χ3v) is 12.9. The highest BCUT2D eigenvalue weighted by molar-refractivity contribution is 9.42. The minimum absolute atomic E-state index is 1.22. The lowest BCUT2D eigenvalue weighted by atomic mass is 10.1. The van der Waals surface area contributed by atoms with Crippen LogP contribution in [0, 0.1) is 0 Å². The lowest BCUT2D eigenvalue weighted by Crippen LogP contribution is -1.80. The Labute approximate surface area is 140 Å². The zero-order chi connectivity index (χ0) is 13.4. The predicted octanol–water partition coefficient (Wildman–Crippen LogP) is 7.94. The van der Waals surface area contributed by atoms with Crippen LogP contribution in [0.1, 0.15) is 38.5 Å². The molecule has 0 aromatic heterocycles. The van der Waals surface area contributed by atoms with Gasteiger partial charge >= 0.3 is 0 Å². The van der Waals surface area contributed by atoms with E-state index in [-0.39, 0.29) is 0 Å². The van der Waals surface area contributed by atoms with Gasteiger partial charge in [0.25, 0.3) is 0 Å². The molecular weight excluding hydrogens is 349 g/mol. The molecule has 0 fully saturated rings. The summed E-state index contributed by atoms with van der Waals surface area (Å²) in [5.41, 5.74) is 0. The second-order valence-electron chi connectivity index (χ2n) is 3.89. The van der Waals surface area contributed by atoms with Crippen LogP contribution in [0.25, 0.3) is 0 Å². The number of allylic oxidation sites excluding steroid dienone is 5. The Morgan fingerprint density at radius 3 is 2.42 bits per heavy atom. The summed E-state index contributed by atoms with van der Waals surface area (Å²) < 4.78 is 0. The topological polar surface area (TPSA) is 0 Å². The van der Waals surface area contributed by atoms with E-state index in [0.29, 0.717) is 0 Å². The fourth-order valence-electron chi connectivity index (χ4n) is 1.45. The van der Waals surface area contributed by atoms with Gasteiger partial charge in [-0.1, -0.05) is 71.2 Å². The first-order valence-corrected chi connectivity index (χ1v) is 14.1. The fraction of sp³-hybridized carbons (Fsp3) is 0.538. The molecule has 1 aliphatic heterocycles. The van der Waals surface area contributed by atoms with E-state index in [9.17, 15) is 0 Å². The third-order valence-electron chi connectivity index (χ3n) is 2.37. The summed E-state index contributed by atoms with van der Waals surface area (Å²) in [4.78, 5) is 0. The van der Waals surface area contributed by atoms with E-state index in [1.54, 1.807) is 10.8 Å². The van der Waals surface area contributed by atoms with Crippen LogP contribution in [0.3, 0.4) is 0 Å². The Morgan fingerprint density at radius 2 is 1.42 bits per heavy atom. The van der Waals surface area contributed by atoms with Gasteiger partial charge in [-0.3, -0.25) is 0 Å². The minimum Gasteiger partial charge on any atom is -0.0845 e. The van der Waals surface area contributed by atoms with Crippen molar-refractivity contribution < 1.29 is 0 Å². The molecule has 0 N–H and O–H groups in total. The van der Waals surface area contributed by atoms with E-state index < -0.39 is 0 Å². The van der Waals surface area contributed by atoms with Crippen LogP contribution in [-0.4, -0.2) is 5.75 Å². The quantitative estimate of drug-likeness (QED) is 0.395. The van der Waals surface area contributed by atoms with E-state index in [0.717, 1.165) is 0 Å². The van der Waals surface area contributed by atoms with Gasteiger partial charge in [0, 0.05) is 5.75 Å². The van der Waals surface area contributed by atoms with E-state index in [4.69, 9.17) is 0 Å². The van der Waals surface area contributed by atoms with Crippen molar-refractivity contribution >= 4 is 60.9 Å². The Bertz CT molecular complexity index is 248. The van der Waals surface area contributed by atoms with Gasteiger partial charge in [-0.25, -0.2) is 0 Å². The molecule has 0 spiro atoms. The molecule has 1 heterocycles. The summed E-state index contributed by atoms with van der Waals surface area (Å²) in [6.07, 6.45) is 18.8. The monoisotopic (exact) mass is 368 g/mol. The summed E-state index contributed by atoms with van der Waals surface area (Å²) in [6.45, 7) is 0. The SMILES string of the molecule is C1=C/C=C/CCCCCCCSSSSSSC=C1. The maximum atomic E-state index is 2.28. The molecule has 6 heteroatoms. The van der Waals surface area contributed by atoms with Gasteiger partial charge in [0.2, 0.25) is 0 Å². The summed E-state index contributed by atoms with van der Waals surface area (Å²) >= 11 is 0. The number of rotatable bonds is 0. The maximum Gasteiger partial charge on any atom is 0.00454 e. The van der Waals surface area contributed by atoms with Gasteiger partial charge in [0.15, 0.2) is 0 Å². The first-order chi connectivity index (χ1) is 9.50. The van der Waals surface area contributed by atoms with E-state index in [1.165, 1.54) is 44.3 Å². The van der Waals surface area contributed by atoms with Gasteiger partial charge in [-0.15, -0.1) is 0 Å². The predicted molar refractivity (Wildman–Crippen MR) is 106 cm³/mol. The smallest absolute Gasteiger partial charge is 0.00454 e. The van der Waals surface area contributed by atoms with Crippen LogP contribution in [-0.2, 0) is 0 Å². The molecule has 0 saturated heterocycles. The van der Waals surface area contributed by atoms with E-state index >= 15 is 0 Å². The molecule has 1 rings (SSSR count). The van der Waals surface area contributed by atoms with Gasteiger partial charge in [-0.05, 0) is 64.0 Å². The molecule has 19 heavy (non-hydrogen) atoms. The standard InChI is InChI=1S/C13H20S6/c1-2-4-6-8-10-12-14-16-18-19-17-15-13-11-9-7-5-3-1/h2,4,6,8,10,12H,1,3,5,7,9,11,13H2/b4-2+,8-6?,12-10?. The minimum atomic E-state index is 1.22. The van der Waals surface area contributed by atoms with Gasteiger partial charge < -0.3 is 0 Å². The Balaban J connectivity index is 2.19. The lowest BCUT2D eigenvalue weighted by molar-refractivity contribution is 0.640. The molecule has 108 valence electrons. The molecule has 0 aliphatic carbocycles. The largest absolute Gasteiger partial charge is 0.0845 e. The molecule has 0 bridgehead atoms. The summed E-state index contributed by atoms with van der Waals surface area (Å²) in [7, 11) is 11.2. The van der Waals surface area contributed by atoms with Gasteiger partial charge in [0.05, 0.1) is 0 Å². The van der Waals surface area contributed by atoms with Crippen molar-refractivity contribution in [2.75, 3.05) is 5.75 Å². The molecule has 0 atom stereocenters. The molecule has 0 unspecified atom stereocenters. The molecule has 1 aliphatic rings. The zero-order valence-electron chi connectivity index (χ0n) is 10.9. The lowest BCUT2D eigenvalue weighted by Gasteiger charge is -2.00. The van der Waals surface area contributed by atoms with Crippen molar-refractivity contribution in [3.63, 3.8) is 0 Å². The molecule has 0 radical (unpaired) electrons. The van der Waals surface area contributed by atoms with Crippen LogP contribution >= 0.6 is 60.9 Å². The van der Waals surface area contributed by atoms with Crippen LogP contribution in [0.4, 0.5) is 0 Å². The first kappa shape index (κ1) is 18.4. The van der Waals surface area contributed by atoms with Crippen molar-refractivity contribution in [2.24, 2.45) is 0 Å². The summed E-state index contributed by atoms with van der Waals surface area (Å²) in [5.74, 6) is 1.29. The fourth-order valence-corrected chi connectivity index (χ4v) is 12.3. The molecule has 0 saturated carbocycles. The second kappa shape index (κ2) is 15.7. The number of hydrogen-bond acceptors (Lipinski definition) is 6. The van der Waals surface area contributed by atoms with Crippen molar-refractivity contribution in [2.45, 2.75) is 38.5 Å². The molecule has 0 nitrogen and oxygen atoms in total. The van der Waals surface area contributed by atoms with Gasteiger partial charge in [-0.2, -0.15) is 0 Å². The maximum absolute atomic E-state index is 2.28. The van der Waals surface area contributed by atoms with E-state index in [1.807, 2.05) is 50.1 Å². The number of hydrogen-bond donors (Lipinski definition) is 0. The molecule has 0 aromatic carbocycles. The van der Waals surface area contributed by atoms with Crippen LogP contribution in [0.5, 0.6) is 0 Å². The Hall–Kier alpha value is 1.32. The first-order valence-electron chi connectivity index (χ1n) is 6.43. The van der Waals surface area contributed by atoms with Crippen LogP contribution in [0.15, 0.2) is 35.8 Å². The summed E-state index contributed by atoms with van der Waals surface area (Å²) in [6, 6.07) is 0. The summed E-state index contributed by atoms with van der Waals surface area (Å²) in [5, 5.41) is 2.13. The highest BCUT2D eigenvalue weighted by atomic mass is 33.9. The van der Waals surface area contributed by atoms with Crippen LogP contribution in [0.2, 0.25) is 0 Å². The molecule has 0 amide bonds. The van der Waals surface area contributed by atoms with Crippen molar-refractivity contribution in [1.82, 2.24) is 0 Å². The average molecular weight is 369 g/mol. The highest BCUT2D eigenvalue weighted by Crippen LogP contribution is 2.52. The highest BCUT2D eigenvalue weighted by Gasteiger charge is 1.95. The molecule has 0 aromatic rings. The van der Waals surface area contributed by atoms with Crippen LogP contribution < -0.4 is 0 Å². The Morgan fingerprint density at radius 1 is 0.632 bits per heavy atom. The average Bonchev–Trinajstić information content (AvgIpc) is 2.43. The van der Waals surface area contributed by atoms with Crippen molar-refractivity contribution in [3.8, 4) is 0 Å². The third kappa shape index (κ3) is 14.0. The normalized spacial score (nSPS) is 23.2.